The van der Waals surface area contributed by atoms with E-state index in [0.29, 0.717) is 31.7 Å². The number of amides is 1. The SMILES string of the molecule is COCCCn1ncc2c(F)cc([C@@H](C)N(C(=O)[C@H]3CNCCO3)C3CC3)cc21. The molecule has 1 aromatic carbocycles. The van der Waals surface area contributed by atoms with Crippen LogP contribution >= 0.6 is 0 Å². The number of rotatable bonds is 8. The highest BCUT2D eigenvalue weighted by atomic mass is 19.1. The zero-order valence-electron chi connectivity index (χ0n) is 17.1. The second kappa shape index (κ2) is 8.77. The summed E-state index contributed by atoms with van der Waals surface area (Å²) in [5, 5.41) is 8.06. The van der Waals surface area contributed by atoms with Gasteiger partial charge in [-0.3, -0.25) is 9.48 Å². The quantitative estimate of drug-likeness (QED) is 0.684. The van der Waals surface area contributed by atoms with Crippen LogP contribution in [0, 0.1) is 5.82 Å². The summed E-state index contributed by atoms with van der Waals surface area (Å²) in [5.41, 5.74) is 1.54. The van der Waals surface area contributed by atoms with Crippen LogP contribution in [0.15, 0.2) is 18.3 Å². The Morgan fingerprint density at radius 3 is 3.00 bits per heavy atom. The summed E-state index contributed by atoms with van der Waals surface area (Å²) in [6, 6.07) is 3.47. The Labute approximate surface area is 170 Å². The van der Waals surface area contributed by atoms with Crippen molar-refractivity contribution >= 4 is 16.8 Å². The average molecular weight is 404 g/mol. The Morgan fingerprint density at radius 1 is 1.48 bits per heavy atom. The number of carbonyl (C=O) groups is 1. The molecule has 0 spiro atoms. The number of nitrogens with zero attached hydrogens (tertiary/aromatic N) is 3. The highest BCUT2D eigenvalue weighted by Crippen LogP contribution is 2.36. The van der Waals surface area contributed by atoms with Crippen LogP contribution in [0.1, 0.15) is 37.8 Å². The molecule has 2 aromatic rings. The highest BCUT2D eigenvalue weighted by Gasteiger charge is 2.40. The molecule has 4 rings (SSSR count). The maximum atomic E-state index is 14.8. The summed E-state index contributed by atoms with van der Waals surface area (Å²) in [6.07, 6.45) is 3.86. The minimum absolute atomic E-state index is 0.0127. The lowest BCUT2D eigenvalue weighted by Crippen LogP contribution is -2.50. The zero-order chi connectivity index (χ0) is 20.4. The minimum atomic E-state index is -0.472. The molecule has 1 aliphatic heterocycles. The van der Waals surface area contributed by atoms with Crippen molar-refractivity contribution in [2.24, 2.45) is 0 Å². The van der Waals surface area contributed by atoms with E-state index in [1.54, 1.807) is 13.3 Å². The largest absolute Gasteiger partial charge is 0.385 e. The van der Waals surface area contributed by atoms with Crippen molar-refractivity contribution in [1.82, 2.24) is 20.0 Å². The van der Waals surface area contributed by atoms with Crippen LogP contribution in [0.2, 0.25) is 0 Å². The van der Waals surface area contributed by atoms with E-state index in [9.17, 15) is 9.18 Å². The molecular formula is C21H29FN4O3. The fourth-order valence-corrected chi connectivity index (χ4v) is 4.02. The van der Waals surface area contributed by atoms with Crippen LogP contribution in [-0.4, -0.2) is 66.1 Å². The fourth-order valence-electron chi connectivity index (χ4n) is 4.02. The number of aryl methyl sites for hydroxylation is 1. The van der Waals surface area contributed by atoms with Gasteiger partial charge in [-0.2, -0.15) is 5.10 Å². The third-order valence-electron chi connectivity index (χ3n) is 5.75. The van der Waals surface area contributed by atoms with E-state index < -0.39 is 6.10 Å². The lowest BCUT2D eigenvalue weighted by molar-refractivity contribution is -0.148. The highest BCUT2D eigenvalue weighted by molar-refractivity contribution is 5.83. The van der Waals surface area contributed by atoms with E-state index in [2.05, 4.69) is 10.4 Å². The van der Waals surface area contributed by atoms with Crippen molar-refractivity contribution < 1.29 is 18.7 Å². The van der Waals surface area contributed by atoms with Gasteiger partial charge in [-0.1, -0.05) is 0 Å². The van der Waals surface area contributed by atoms with E-state index in [1.807, 2.05) is 22.6 Å². The molecule has 2 aliphatic rings. The molecule has 1 N–H and O–H groups in total. The number of morpholine rings is 1. The molecule has 29 heavy (non-hydrogen) atoms. The third kappa shape index (κ3) is 4.29. The molecule has 7 nitrogen and oxygen atoms in total. The third-order valence-corrected chi connectivity index (χ3v) is 5.75. The smallest absolute Gasteiger partial charge is 0.253 e. The maximum Gasteiger partial charge on any atom is 0.253 e. The standard InChI is InChI=1S/C21H29FN4O3/c1-14(26(16-4-5-16)21(27)20-13-23-6-9-29-20)15-10-18(22)17-12-24-25(19(17)11-15)7-3-8-28-2/h10-12,14,16,20,23H,3-9,13H2,1-2H3/t14-,20-/m1/s1. The lowest BCUT2D eigenvalue weighted by atomic mass is 10.0. The van der Waals surface area contributed by atoms with Gasteiger partial charge < -0.3 is 19.7 Å². The van der Waals surface area contributed by atoms with Crippen LogP contribution in [0.3, 0.4) is 0 Å². The van der Waals surface area contributed by atoms with E-state index in [1.165, 1.54) is 6.07 Å². The molecule has 1 aromatic heterocycles. The molecule has 2 fully saturated rings. The van der Waals surface area contributed by atoms with Crippen LogP contribution in [0.4, 0.5) is 4.39 Å². The number of methoxy groups -OCH3 is 1. The second-order valence-corrected chi connectivity index (χ2v) is 7.87. The van der Waals surface area contributed by atoms with Gasteiger partial charge in [0.05, 0.1) is 29.7 Å². The van der Waals surface area contributed by atoms with Crippen molar-refractivity contribution in [3.05, 3.63) is 29.7 Å². The first-order valence-corrected chi connectivity index (χ1v) is 10.4. The summed E-state index contributed by atoms with van der Waals surface area (Å²) in [7, 11) is 1.66. The molecule has 1 aliphatic carbocycles. The maximum absolute atomic E-state index is 14.8. The van der Waals surface area contributed by atoms with Gasteiger partial charge >= 0.3 is 0 Å². The average Bonchev–Trinajstić information content (AvgIpc) is 3.48. The number of hydrogen-bond acceptors (Lipinski definition) is 5. The number of halogens is 1. The first-order chi connectivity index (χ1) is 14.1. The lowest BCUT2D eigenvalue weighted by Gasteiger charge is -2.34. The molecule has 1 saturated carbocycles. The van der Waals surface area contributed by atoms with Crippen molar-refractivity contribution in [3.8, 4) is 0 Å². The van der Waals surface area contributed by atoms with Gasteiger partial charge in [-0.25, -0.2) is 4.39 Å². The molecule has 0 bridgehead atoms. The predicted octanol–water partition coefficient (Wildman–Crippen LogP) is 2.25. The number of nitrogens with one attached hydrogen (secondary N) is 1. The number of aromatic nitrogens is 2. The van der Waals surface area contributed by atoms with Gasteiger partial charge in [0.15, 0.2) is 0 Å². The molecule has 2 heterocycles. The van der Waals surface area contributed by atoms with Gasteiger partial charge in [0.25, 0.3) is 5.91 Å². The summed E-state index contributed by atoms with van der Waals surface area (Å²) >= 11 is 0. The van der Waals surface area contributed by atoms with E-state index >= 15 is 0 Å². The van der Waals surface area contributed by atoms with E-state index in [0.717, 1.165) is 36.9 Å². The fraction of sp³-hybridized carbons (Fsp3) is 0.619. The number of fused-ring (bicyclic) bond motifs is 1. The molecule has 8 heteroatoms. The second-order valence-electron chi connectivity index (χ2n) is 7.87. The Balaban J connectivity index is 1.61. The van der Waals surface area contributed by atoms with Crippen molar-refractivity contribution in [2.75, 3.05) is 33.4 Å². The van der Waals surface area contributed by atoms with Crippen LogP contribution in [-0.2, 0) is 20.8 Å². The first-order valence-electron chi connectivity index (χ1n) is 10.4. The Hall–Kier alpha value is -2.03. The van der Waals surface area contributed by atoms with Crippen molar-refractivity contribution in [2.45, 2.75) is 50.9 Å². The predicted molar refractivity (Wildman–Crippen MR) is 107 cm³/mol. The normalized spacial score (nSPS) is 20.7. The van der Waals surface area contributed by atoms with Gasteiger partial charge in [0.1, 0.15) is 11.9 Å². The zero-order valence-corrected chi connectivity index (χ0v) is 17.1. The van der Waals surface area contributed by atoms with Gasteiger partial charge in [0, 0.05) is 39.4 Å². The molecule has 1 amide bonds. The van der Waals surface area contributed by atoms with Crippen molar-refractivity contribution in [1.29, 1.82) is 0 Å². The number of hydrogen-bond donors (Lipinski definition) is 1. The van der Waals surface area contributed by atoms with Crippen LogP contribution < -0.4 is 5.32 Å². The molecule has 1 saturated heterocycles. The van der Waals surface area contributed by atoms with Crippen LogP contribution in [0.5, 0.6) is 0 Å². The van der Waals surface area contributed by atoms with Gasteiger partial charge in [-0.15, -0.1) is 0 Å². The molecule has 0 radical (unpaired) electrons. The monoisotopic (exact) mass is 404 g/mol. The van der Waals surface area contributed by atoms with Crippen LogP contribution in [0.25, 0.3) is 10.9 Å². The molecule has 0 unspecified atom stereocenters. The Morgan fingerprint density at radius 2 is 2.31 bits per heavy atom. The van der Waals surface area contributed by atoms with Gasteiger partial charge in [-0.05, 0) is 43.9 Å². The molecule has 158 valence electrons. The first kappa shape index (κ1) is 20.3. The van der Waals surface area contributed by atoms with Gasteiger partial charge in [0.2, 0.25) is 0 Å². The number of ether oxygens (including phenoxy) is 2. The van der Waals surface area contributed by atoms with E-state index in [4.69, 9.17) is 9.47 Å². The number of carbonyl (C=O) groups excluding carboxylic acids is 1. The van der Waals surface area contributed by atoms with E-state index in [-0.39, 0.29) is 23.8 Å². The molecular weight excluding hydrogens is 375 g/mol. The Kier molecular flexibility index (Phi) is 6.12. The number of benzene rings is 1. The van der Waals surface area contributed by atoms with Crippen molar-refractivity contribution in [3.63, 3.8) is 0 Å². The topological polar surface area (TPSA) is 68.6 Å². The minimum Gasteiger partial charge on any atom is -0.385 e. The Bertz CT molecular complexity index is 861. The summed E-state index contributed by atoms with van der Waals surface area (Å²) in [6.45, 7) is 5.07. The summed E-state index contributed by atoms with van der Waals surface area (Å²) < 4.78 is 27.4. The summed E-state index contributed by atoms with van der Waals surface area (Å²) in [4.78, 5) is 15.1. The molecule has 2 atom stereocenters. The summed E-state index contributed by atoms with van der Waals surface area (Å²) in [5.74, 6) is -0.317.